The Bertz CT molecular complexity index is 739. The van der Waals surface area contributed by atoms with E-state index in [0.717, 1.165) is 24.2 Å². The minimum absolute atomic E-state index is 0.0111. The second-order valence-corrected chi connectivity index (χ2v) is 6.67. The molecule has 0 saturated heterocycles. The second kappa shape index (κ2) is 7.55. The molecule has 1 aliphatic carbocycles. The highest BCUT2D eigenvalue weighted by Gasteiger charge is 2.45. The van der Waals surface area contributed by atoms with Crippen molar-refractivity contribution in [3.05, 3.63) is 59.5 Å². The molecule has 0 spiro atoms. The minimum atomic E-state index is -0.0809. The summed E-state index contributed by atoms with van der Waals surface area (Å²) in [6, 6.07) is 11.3. The summed E-state index contributed by atoms with van der Waals surface area (Å²) >= 11 is 0. The van der Waals surface area contributed by atoms with E-state index in [0.29, 0.717) is 12.1 Å². The number of carbonyl (C=O) groups is 2. The normalized spacial score (nSPS) is 19.9. The van der Waals surface area contributed by atoms with Gasteiger partial charge in [0.05, 0.1) is 6.26 Å². The zero-order valence-electron chi connectivity index (χ0n) is 14.6. The number of furan rings is 1. The van der Waals surface area contributed by atoms with Crippen molar-refractivity contribution in [2.24, 2.45) is 5.92 Å². The summed E-state index contributed by atoms with van der Waals surface area (Å²) in [7, 11) is 0. The van der Waals surface area contributed by atoms with Gasteiger partial charge in [-0.2, -0.15) is 0 Å². The van der Waals surface area contributed by atoms with Crippen LogP contribution in [0.2, 0.25) is 0 Å². The Hall–Kier alpha value is -2.56. The van der Waals surface area contributed by atoms with E-state index in [4.69, 9.17) is 4.42 Å². The van der Waals surface area contributed by atoms with Crippen LogP contribution in [-0.2, 0) is 11.3 Å². The van der Waals surface area contributed by atoms with Gasteiger partial charge in [0.2, 0.25) is 5.91 Å². The lowest BCUT2D eigenvalue weighted by molar-refractivity contribution is -0.122. The molecule has 2 aromatic rings. The van der Waals surface area contributed by atoms with Crippen LogP contribution >= 0.6 is 0 Å². The zero-order valence-corrected chi connectivity index (χ0v) is 14.6. The van der Waals surface area contributed by atoms with Crippen molar-refractivity contribution < 1.29 is 14.0 Å². The summed E-state index contributed by atoms with van der Waals surface area (Å²) in [6.07, 6.45) is 3.36. The molecule has 3 unspecified atom stereocenters. The zero-order chi connectivity index (χ0) is 17.8. The highest BCUT2D eigenvalue weighted by molar-refractivity contribution is 5.94. The van der Waals surface area contributed by atoms with Crippen molar-refractivity contribution in [1.29, 1.82) is 0 Å². The Balaban J connectivity index is 1.53. The van der Waals surface area contributed by atoms with Crippen molar-refractivity contribution in [3.8, 4) is 0 Å². The van der Waals surface area contributed by atoms with E-state index in [1.165, 1.54) is 0 Å². The first-order valence-electron chi connectivity index (χ1n) is 8.79. The monoisotopic (exact) mass is 340 g/mol. The van der Waals surface area contributed by atoms with Crippen molar-refractivity contribution in [2.75, 3.05) is 0 Å². The SMILES string of the molecule is CCC(C)NC(=O)c1cccc(CNC(=O)C2CC2c2ccco2)c1. The first-order chi connectivity index (χ1) is 12.1. The highest BCUT2D eigenvalue weighted by Crippen LogP contribution is 2.47. The van der Waals surface area contributed by atoms with Crippen LogP contribution in [0.5, 0.6) is 0 Å². The Labute approximate surface area is 147 Å². The van der Waals surface area contributed by atoms with Gasteiger partial charge in [0.15, 0.2) is 0 Å². The molecule has 5 nitrogen and oxygen atoms in total. The van der Waals surface area contributed by atoms with Crippen LogP contribution < -0.4 is 10.6 Å². The molecule has 1 saturated carbocycles. The Morgan fingerprint density at radius 1 is 1.28 bits per heavy atom. The number of benzene rings is 1. The number of rotatable bonds is 7. The molecule has 1 aliphatic rings. The quantitative estimate of drug-likeness (QED) is 0.813. The average molecular weight is 340 g/mol. The molecular weight excluding hydrogens is 316 g/mol. The van der Waals surface area contributed by atoms with Crippen LogP contribution in [0.25, 0.3) is 0 Å². The number of hydrogen-bond acceptors (Lipinski definition) is 3. The molecule has 3 rings (SSSR count). The molecule has 0 bridgehead atoms. The van der Waals surface area contributed by atoms with E-state index < -0.39 is 0 Å². The van der Waals surface area contributed by atoms with Gasteiger partial charge in [-0.05, 0) is 49.6 Å². The van der Waals surface area contributed by atoms with Crippen LogP contribution in [0.15, 0.2) is 47.1 Å². The van der Waals surface area contributed by atoms with Crippen LogP contribution in [0, 0.1) is 5.92 Å². The third-order valence-electron chi connectivity index (χ3n) is 4.68. The predicted octanol–water partition coefficient (Wildman–Crippen LogP) is 3.23. The minimum Gasteiger partial charge on any atom is -0.469 e. The Morgan fingerprint density at radius 3 is 2.84 bits per heavy atom. The van der Waals surface area contributed by atoms with Gasteiger partial charge in [0.25, 0.3) is 5.91 Å². The fourth-order valence-corrected chi connectivity index (χ4v) is 2.85. The second-order valence-electron chi connectivity index (χ2n) is 6.67. The standard InChI is InChI=1S/C20H24N2O3/c1-3-13(2)22-19(23)15-7-4-6-14(10-15)12-21-20(24)17-11-16(17)18-8-5-9-25-18/h4-10,13,16-17H,3,11-12H2,1-2H3,(H,21,24)(H,22,23). The van der Waals surface area contributed by atoms with E-state index in [2.05, 4.69) is 10.6 Å². The Morgan fingerprint density at radius 2 is 2.12 bits per heavy atom. The smallest absolute Gasteiger partial charge is 0.251 e. The highest BCUT2D eigenvalue weighted by atomic mass is 16.3. The largest absolute Gasteiger partial charge is 0.469 e. The molecule has 0 radical (unpaired) electrons. The van der Waals surface area contributed by atoms with Crippen LogP contribution in [0.4, 0.5) is 0 Å². The average Bonchev–Trinajstić information content (AvgIpc) is 3.24. The van der Waals surface area contributed by atoms with Gasteiger partial charge < -0.3 is 15.1 Å². The van der Waals surface area contributed by atoms with Gasteiger partial charge in [-0.15, -0.1) is 0 Å². The molecule has 0 aliphatic heterocycles. The molecule has 1 aromatic heterocycles. The van der Waals surface area contributed by atoms with E-state index in [1.54, 1.807) is 12.3 Å². The summed E-state index contributed by atoms with van der Waals surface area (Å²) in [6.45, 7) is 4.43. The van der Waals surface area contributed by atoms with Gasteiger partial charge in [-0.25, -0.2) is 0 Å². The van der Waals surface area contributed by atoms with Gasteiger partial charge in [-0.1, -0.05) is 19.1 Å². The predicted molar refractivity (Wildman–Crippen MR) is 95.1 cm³/mol. The summed E-state index contributed by atoms with van der Waals surface area (Å²) in [5, 5.41) is 5.91. The van der Waals surface area contributed by atoms with Crippen LogP contribution in [0.3, 0.4) is 0 Å². The van der Waals surface area contributed by atoms with E-state index in [1.807, 2.05) is 44.2 Å². The Kier molecular flexibility index (Phi) is 5.22. The maximum atomic E-state index is 12.3. The van der Waals surface area contributed by atoms with Gasteiger partial charge in [-0.3, -0.25) is 9.59 Å². The molecule has 1 aromatic carbocycles. The van der Waals surface area contributed by atoms with E-state index >= 15 is 0 Å². The fraction of sp³-hybridized carbons (Fsp3) is 0.400. The maximum Gasteiger partial charge on any atom is 0.251 e. The van der Waals surface area contributed by atoms with E-state index in [-0.39, 0.29) is 29.7 Å². The molecule has 1 fully saturated rings. The van der Waals surface area contributed by atoms with Gasteiger partial charge in [0, 0.05) is 30.0 Å². The molecule has 2 amide bonds. The molecule has 5 heteroatoms. The molecule has 25 heavy (non-hydrogen) atoms. The van der Waals surface area contributed by atoms with Crippen molar-refractivity contribution in [3.63, 3.8) is 0 Å². The summed E-state index contributed by atoms with van der Waals surface area (Å²) in [5.41, 5.74) is 1.53. The lowest BCUT2D eigenvalue weighted by Crippen LogP contribution is -2.32. The first kappa shape index (κ1) is 17.3. The van der Waals surface area contributed by atoms with Gasteiger partial charge in [0.1, 0.15) is 5.76 Å². The number of carbonyl (C=O) groups excluding carboxylic acids is 2. The lowest BCUT2D eigenvalue weighted by Gasteiger charge is -2.12. The number of hydrogen-bond donors (Lipinski definition) is 2. The van der Waals surface area contributed by atoms with Crippen LogP contribution in [0.1, 0.15) is 54.3 Å². The summed E-state index contributed by atoms with van der Waals surface area (Å²) in [4.78, 5) is 24.4. The fourth-order valence-electron chi connectivity index (χ4n) is 2.85. The topological polar surface area (TPSA) is 71.3 Å². The molecule has 2 N–H and O–H groups in total. The lowest BCUT2D eigenvalue weighted by atomic mass is 10.1. The first-order valence-corrected chi connectivity index (χ1v) is 8.79. The van der Waals surface area contributed by atoms with Crippen molar-refractivity contribution in [1.82, 2.24) is 10.6 Å². The van der Waals surface area contributed by atoms with Gasteiger partial charge >= 0.3 is 0 Å². The summed E-state index contributed by atoms with van der Waals surface area (Å²) < 4.78 is 5.36. The van der Waals surface area contributed by atoms with E-state index in [9.17, 15) is 9.59 Å². The molecule has 1 heterocycles. The number of nitrogens with one attached hydrogen (secondary N) is 2. The summed E-state index contributed by atoms with van der Waals surface area (Å²) in [5.74, 6) is 1.02. The van der Waals surface area contributed by atoms with Crippen molar-refractivity contribution in [2.45, 2.75) is 45.2 Å². The molecule has 132 valence electrons. The third-order valence-corrected chi connectivity index (χ3v) is 4.68. The third kappa shape index (κ3) is 4.29. The number of amides is 2. The molecule has 3 atom stereocenters. The van der Waals surface area contributed by atoms with Crippen LogP contribution in [-0.4, -0.2) is 17.9 Å². The maximum absolute atomic E-state index is 12.3. The van der Waals surface area contributed by atoms with Crippen molar-refractivity contribution >= 4 is 11.8 Å². The molecular formula is C20H24N2O3.